The molecule has 2 fully saturated rings. The van der Waals surface area contributed by atoms with E-state index >= 15 is 0 Å². The smallest absolute Gasteiger partial charge is 0.407 e. The molecule has 256 valence electrons. The van der Waals surface area contributed by atoms with Crippen molar-refractivity contribution < 1.29 is 33.7 Å². The van der Waals surface area contributed by atoms with Gasteiger partial charge >= 0.3 is 12.1 Å². The number of nitrogens with zero attached hydrogens (tertiary/aromatic N) is 1. The van der Waals surface area contributed by atoms with Crippen LogP contribution in [-0.2, 0) is 31.2 Å². The number of carbonyl (C=O) groups is 3. The lowest BCUT2D eigenvalue weighted by atomic mass is 9.86. The van der Waals surface area contributed by atoms with E-state index in [0.29, 0.717) is 24.2 Å². The number of hydrogen-bond donors (Lipinski definition) is 3. The number of ether oxygens (including phenoxy) is 3. The lowest BCUT2D eigenvalue weighted by Crippen LogP contribution is -2.55. The van der Waals surface area contributed by atoms with Crippen molar-refractivity contribution in [2.45, 2.75) is 76.3 Å². The second-order valence-electron chi connectivity index (χ2n) is 13.8. The normalized spacial score (nSPS) is 19.7. The van der Waals surface area contributed by atoms with Gasteiger partial charge in [-0.05, 0) is 88.7 Å². The van der Waals surface area contributed by atoms with Crippen molar-refractivity contribution in [1.29, 1.82) is 0 Å². The molecule has 2 aliphatic rings. The number of alkyl carbamates (subject to hydrolysis) is 1. The molecule has 1 saturated heterocycles. The van der Waals surface area contributed by atoms with Crippen molar-refractivity contribution in [2.75, 3.05) is 26.3 Å². The highest BCUT2D eigenvalue weighted by Crippen LogP contribution is 2.34. The van der Waals surface area contributed by atoms with Gasteiger partial charge in [0.1, 0.15) is 11.4 Å². The van der Waals surface area contributed by atoms with E-state index in [9.17, 15) is 19.5 Å². The Bertz CT molecular complexity index is 1510. The van der Waals surface area contributed by atoms with Crippen LogP contribution in [0.4, 0.5) is 4.79 Å². The zero-order valence-electron chi connectivity index (χ0n) is 28.0. The molecule has 2 amide bonds. The summed E-state index contributed by atoms with van der Waals surface area (Å²) < 4.78 is 16.9. The molecule has 1 heterocycles. The molecule has 48 heavy (non-hydrogen) atoms. The number of carbonyl (C=O) groups excluding carboxylic acids is 3. The van der Waals surface area contributed by atoms with E-state index in [4.69, 9.17) is 14.2 Å². The SMILES string of the molecule is CC(C)(C)OC(=O)N[C@H]1C[C@H](NC(=O)COc2cccc(C(O)(C(=O)OCC3CCN(Cc4ccccc4)CC3)c3ccccc3)c2)C1. The average Bonchev–Trinajstić information content (AvgIpc) is 3.05. The van der Waals surface area contributed by atoms with Gasteiger partial charge in [0.15, 0.2) is 6.61 Å². The van der Waals surface area contributed by atoms with E-state index in [2.05, 4.69) is 39.8 Å². The molecule has 5 rings (SSSR count). The summed E-state index contributed by atoms with van der Waals surface area (Å²) in [6.07, 6.45) is 2.52. The molecule has 3 aromatic carbocycles. The Balaban J connectivity index is 1.13. The summed E-state index contributed by atoms with van der Waals surface area (Å²) in [7, 11) is 0. The van der Waals surface area contributed by atoms with E-state index in [1.54, 1.807) is 69.3 Å². The van der Waals surface area contributed by atoms with E-state index in [0.717, 1.165) is 32.5 Å². The number of benzene rings is 3. The summed E-state index contributed by atoms with van der Waals surface area (Å²) in [5, 5.41) is 17.7. The first kappa shape index (κ1) is 34.9. The topological polar surface area (TPSA) is 126 Å². The summed E-state index contributed by atoms with van der Waals surface area (Å²) in [6, 6.07) is 25.5. The van der Waals surface area contributed by atoms with Crippen molar-refractivity contribution in [3.8, 4) is 5.75 Å². The van der Waals surface area contributed by atoms with Gasteiger partial charge in [-0.2, -0.15) is 0 Å². The Morgan fingerprint density at radius 3 is 2.12 bits per heavy atom. The van der Waals surface area contributed by atoms with Gasteiger partial charge in [-0.15, -0.1) is 0 Å². The van der Waals surface area contributed by atoms with Crippen LogP contribution in [0.5, 0.6) is 5.75 Å². The Kier molecular flexibility index (Phi) is 11.4. The van der Waals surface area contributed by atoms with Crippen LogP contribution in [0.1, 0.15) is 63.1 Å². The molecule has 1 aliphatic heterocycles. The molecule has 1 atom stereocenters. The molecule has 0 spiro atoms. The quantitative estimate of drug-likeness (QED) is 0.234. The summed E-state index contributed by atoms with van der Waals surface area (Å²) in [5.41, 5.74) is -0.706. The summed E-state index contributed by atoms with van der Waals surface area (Å²) in [6.45, 7) is 8.11. The molecular weight excluding hydrogens is 610 g/mol. The van der Waals surface area contributed by atoms with Crippen LogP contribution in [-0.4, -0.2) is 72.0 Å². The van der Waals surface area contributed by atoms with Gasteiger partial charge in [0.2, 0.25) is 5.60 Å². The van der Waals surface area contributed by atoms with Crippen LogP contribution in [0.2, 0.25) is 0 Å². The molecule has 1 saturated carbocycles. The zero-order valence-corrected chi connectivity index (χ0v) is 28.0. The number of esters is 1. The summed E-state index contributed by atoms with van der Waals surface area (Å²) in [5.74, 6) is -0.537. The molecule has 10 nitrogen and oxygen atoms in total. The maximum Gasteiger partial charge on any atom is 0.407 e. The maximum atomic E-state index is 13.7. The molecule has 3 aromatic rings. The highest BCUT2D eigenvalue weighted by Gasteiger charge is 2.42. The zero-order chi connectivity index (χ0) is 34.1. The second kappa shape index (κ2) is 15.7. The number of rotatable bonds is 12. The van der Waals surface area contributed by atoms with E-state index < -0.39 is 23.3 Å². The lowest BCUT2D eigenvalue weighted by Gasteiger charge is -2.36. The fraction of sp³-hybridized carbons (Fsp3) is 0.447. The van der Waals surface area contributed by atoms with Crippen LogP contribution < -0.4 is 15.4 Å². The first-order chi connectivity index (χ1) is 23.0. The van der Waals surface area contributed by atoms with E-state index in [-0.39, 0.29) is 42.7 Å². The minimum atomic E-state index is -2.07. The van der Waals surface area contributed by atoms with Gasteiger partial charge in [0.05, 0.1) is 6.61 Å². The lowest BCUT2D eigenvalue weighted by molar-refractivity contribution is -0.164. The van der Waals surface area contributed by atoms with Gasteiger partial charge in [-0.3, -0.25) is 9.69 Å². The molecule has 0 aromatic heterocycles. The summed E-state index contributed by atoms with van der Waals surface area (Å²) in [4.78, 5) is 40.7. The molecule has 0 bridgehead atoms. The molecular formula is C38H47N3O7. The van der Waals surface area contributed by atoms with Gasteiger partial charge < -0.3 is 30.0 Å². The van der Waals surface area contributed by atoms with Crippen LogP contribution >= 0.6 is 0 Å². The number of piperidine rings is 1. The van der Waals surface area contributed by atoms with Crippen molar-refractivity contribution in [3.05, 3.63) is 102 Å². The monoisotopic (exact) mass is 657 g/mol. The Morgan fingerprint density at radius 2 is 1.46 bits per heavy atom. The second-order valence-corrected chi connectivity index (χ2v) is 13.8. The fourth-order valence-corrected chi connectivity index (χ4v) is 6.09. The van der Waals surface area contributed by atoms with Gasteiger partial charge in [0.25, 0.3) is 5.91 Å². The minimum Gasteiger partial charge on any atom is -0.484 e. The maximum absolute atomic E-state index is 13.7. The minimum absolute atomic E-state index is 0.0642. The standard InChI is InChI=1S/C38H47N3O7/c1-37(2,3)48-36(44)40-32-22-31(23-32)39-34(42)26-46-33-16-10-15-30(21-33)38(45,29-13-8-5-9-14-29)35(43)47-25-28-17-19-41(20-18-28)24-27-11-6-4-7-12-27/h4-16,21,28,31-32,45H,17-20,22-26H2,1-3H3,(H,39,42)(H,40,44)/t31-,32-,38?. The Hall–Kier alpha value is -4.41. The van der Waals surface area contributed by atoms with Crippen molar-refractivity contribution in [1.82, 2.24) is 15.5 Å². The third-order valence-electron chi connectivity index (χ3n) is 8.74. The number of hydrogen-bond acceptors (Lipinski definition) is 8. The van der Waals surface area contributed by atoms with Gasteiger partial charge in [0, 0.05) is 24.2 Å². The van der Waals surface area contributed by atoms with Crippen molar-refractivity contribution in [3.63, 3.8) is 0 Å². The van der Waals surface area contributed by atoms with Gasteiger partial charge in [-0.25, -0.2) is 9.59 Å². The number of nitrogens with one attached hydrogen (secondary N) is 2. The molecule has 0 radical (unpaired) electrons. The van der Waals surface area contributed by atoms with Crippen LogP contribution in [0, 0.1) is 5.92 Å². The molecule has 1 unspecified atom stereocenters. The number of amides is 2. The third-order valence-corrected chi connectivity index (χ3v) is 8.74. The van der Waals surface area contributed by atoms with Crippen LogP contribution in [0.3, 0.4) is 0 Å². The first-order valence-corrected chi connectivity index (χ1v) is 16.7. The van der Waals surface area contributed by atoms with E-state index in [1.165, 1.54) is 5.56 Å². The van der Waals surface area contributed by atoms with E-state index in [1.807, 2.05) is 12.1 Å². The number of likely N-dealkylation sites (tertiary alicyclic amines) is 1. The summed E-state index contributed by atoms with van der Waals surface area (Å²) >= 11 is 0. The highest BCUT2D eigenvalue weighted by molar-refractivity contribution is 5.85. The van der Waals surface area contributed by atoms with Crippen LogP contribution in [0.15, 0.2) is 84.9 Å². The van der Waals surface area contributed by atoms with Crippen LogP contribution in [0.25, 0.3) is 0 Å². The largest absolute Gasteiger partial charge is 0.484 e. The number of aliphatic hydroxyl groups is 1. The van der Waals surface area contributed by atoms with Gasteiger partial charge in [-0.1, -0.05) is 72.8 Å². The molecule has 1 aliphatic carbocycles. The molecule has 3 N–H and O–H groups in total. The Labute approximate surface area is 282 Å². The fourth-order valence-electron chi connectivity index (χ4n) is 6.09. The molecule has 10 heteroatoms. The Morgan fingerprint density at radius 1 is 0.833 bits per heavy atom. The average molecular weight is 658 g/mol. The van der Waals surface area contributed by atoms with Crippen molar-refractivity contribution >= 4 is 18.0 Å². The van der Waals surface area contributed by atoms with Crippen molar-refractivity contribution in [2.24, 2.45) is 5.92 Å². The predicted octanol–water partition coefficient (Wildman–Crippen LogP) is 4.93. The first-order valence-electron chi connectivity index (χ1n) is 16.7. The highest BCUT2D eigenvalue weighted by atomic mass is 16.6. The third kappa shape index (κ3) is 9.58. The predicted molar refractivity (Wildman–Crippen MR) is 181 cm³/mol.